The number of alkyl halides is 1. The van der Waals surface area contributed by atoms with Crippen LogP contribution >= 0.6 is 15.9 Å². The standard InChI is InChI=1S/C12H12BrN/c1-8-5-9(2)14-12-4-3-10(7-13)6-11(8)12/h3-6H,7H2,1-2H3. The summed E-state index contributed by atoms with van der Waals surface area (Å²) in [5.74, 6) is 0. The topological polar surface area (TPSA) is 12.9 Å². The van der Waals surface area contributed by atoms with Gasteiger partial charge in [-0.2, -0.15) is 0 Å². The third-order valence-electron chi connectivity index (χ3n) is 2.36. The zero-order valence-electron chi connectivity index (χ0n) is 8.34. The summed E-state index contributed by atoms with van der Waals surface area (Å²) in [4.78, 5) is 4.50. The fourth-order valence-corrected chi connectivity index (χ4v) is 2.04. The van der Waals surface area contributed by atoms with Gasteiger partial charge in [0.05, 0.1) is 5.52 Å². The van der Waals surface area contributed by atoms with Crippen LogP contribution in [0.5, 0.6) is 0 Å². The second-order valence-corrected chi connectivity index (χ2v) is 4.13. The van der Waals surface area contributed by atoms with Gasteiger partial charge in [0.2, 0.25) is 0 Å². The van der Waals surface area contributed by atoms with Gasteiger partial charge >= 0.3 is 0 Å². The predicted molar refractivity (Wildman–Crippen MR) is 63.8 cm³/mol. The molecule has 0 aliphatic carbocycles. The van der Waals surface area contributed by atoms with Gasteiger partial charge in [0, 0.05) is 16.4 Å². The van der Waals surface area contributed by atoms with Crippen molar-refractivity contribution in [1.82, 2.24) is 4.98 Å². The predicted octanol–water partition coefficient (Wildman–Crippen LogP) is 3.75. The molecule has 2 rings (SSSR count). The van der Waals surface area contributed by atoms with E-state index in [0.717, 1.165) is 16.5 Å². The number of hydrogen-bond donors (Lipinski definition) is 0. The van der Waals surface area contributed by atoms with Crippen LogP contribution in [-0.4, -0.2) is 4.98 Å². The van der Waals surface area contributed by atoms with Crippen LogP contribution in [0, 0.1) is 13.8 Å². The fraction of sp³-hybridized carbons (Fsp3) is 0.250. The minimum Gasteiger partial charge on any atom is -0.253 e. The average Bonchev–Trinajstić information content (AvgIpc) is 2.17. The average molecular weight is 250 g/mol. The van der Waals surface area contributed by atoms with E-state index in [9.17, 15) is 0 Å². The van der Waals surface area contributed by atoms with Gasteiger partial charge in [0.25, 0.3) is 0 Å². The molecular formula is C12H12BrN. The Morgan fingerprint density at radius 1 is 1.21 bits per heavy atom. The second-order valence-electron chi connectivity index (χ2n) is 3.57. The summed E-state index contributed by atoms with van der Waals surface area (Å²) in [6, 6.07) is 8.53. The van der Waals surface area contributed by atoms with Crippen LogP contribution in [-0.2, 0) is 5.33 Å². The van der Waals surface area contributed by atoms with Crippen LogP contribution in [0.15, 0.2) is 24.3 Å². The summed E-state index contributed by atoms with van der Waals surface area (Å²) < 4.78 is 0. The highest BCUT2D eigenvalue weighted by Gasteiger charge is 2.01. The van der Waals surface area contributed by atoms with E-state index >= 15 is 0 Å². The molecule has 0 radical (unpaired) electrons. The smallest absolute Gasteiger partial charge is 0.0708 e. The van der Waals surface area contributed by atoms with Gasteiger partial charge in [-0.05, 0) is 43.2 Å². The molecule has 0 bridgehead atoms. The summed E-state index contributed by atoms with van der Waals surface area (Å²) in [5.41, 5.74) is 4.77. The van der Waals surface area contributed by atoms with E-state index in [2.05, 4.69) is 52.1 Å². The first-order chi connectivity index (χ1) is 6.70. The number of pyridine rings is 1. The Morgan fingerprint density at radius 3 is 2.71 bits per heavy atom. The minimum absolute atomic E-state index is 0.899. The van der Waals surface area contributed by atoms with Crippen LogP contribution in [0.1, 0.15) is 16.8 Å². The molecule has 0 fully saturated rings. The molecule has 2 heteroatoms. The van der Waals surface area contributed by atoms with Gasteiger partial charge in [-0.1, -0.05) is 22.0 Å². The van der Waals surface area contributed by atoms with Crippen LogP contribution in [0.25, 0.3) is 10.9 Å². The van der Waals surface area contributed by atoms with Gasteiger partial charge in [-0.3, -0.25) is 4.98 Å². The number of fused-ring (bicyclic) bond motifs is 1. The summed E-state index contributed by atoms with van der Waals surface area (Å²) in [6.07, 6.45) is 0. The van der Waals surface area contributed by atoms with Crippen LogP contribution in [0.2, 0.25) is 0 Å². The largest absolute Gasteiger partial charge is 0.253 e. The first-order valence-electron chi connectivity index (χ1n) is 4.63. The van der Waals surface area contributed by atoms with Gasteiger partial charge in [0.15, 0.2) is 0 Å². The Morgan fingerprint density at radius 2 is 2.00 bits per heavy atom. The molecule has 0 aliphatic heterocycles. The molecular weight excluding hydrogens is 238 g/mol. The zero-order chi connectivity index (χ0) is 10.1. The maximum absolute atomic E-state index is 4.50. The Hall–Kier alpha value is -0.890. The van der Waals surface area contributed by atoms with Crippen molar-refractivity contribution in [2.75, 3.05) is 0 Å². The van der Waals surface area contributed by atoms with Crippen molar-refractivity contribution in [3.63, 3.8) is 0 Å². The first kappa shape index (κ1) is 9.66. The van der Waals surface area contributed by atoms with E-state index in [1.165, 1.54) is 16.5 Å². The monoisotopic (exact) mass is 249 g/mol. The van der Waals surface area contributed by atoms with Gasteiger partial charge in [-0.15, -0.1) is 0 Å². The van der Waals surface area contributed by atoms with Crippen molar-refractivity contribution in [3.8, 4) is 0 Å². The maximum Gasteiger partial charge on any atom is 0.0708 e. The Kier molecular flexibility index (Phi) is 2.55. The number of aromatic nitrogens is 1. The van der Waals surface area contributed by atoms with E-state index in [-0.39, 0.29) is 0 Å². The number of hydrogen-bond acceptors (Lipinski definition) is 1. The van der Waals surface area contributed by atoms with Crippen molar-refractivity contribution < 1.29 is 0 Å². The Bertz CT molecular complexity index is 477. The molecule has 0 aliphatic rings. The van der Waals surface area contributed by atoms with Crippen molar-refractivity contribution in [2.45, 2.75) is 19.2 Å². The van der Waals surface area contributed by atoms with Crippen molar-refractivity contribution in [2.24, 2.45) is 0 Å². The molecule has 0 saturated heterocycles. The third-order valence-corrected chi connectivity index (χ3v) is 3.01. The number of nitrogens with zero attached hydrogens (tertiary/aromatic N) is 1. The molecule has 0 unspecified atom stereocenters. The highest BCUT2D eigenvalue weighted by Crippen LogP contribution is 2.20. The summed E-state index contributed by atoms with van der Waals surface area (Å²) in [6.45, 7) is 4.17. The molecule has 0 spiro atoms. The number of rotatable bonds is 1. The number of halogens is 1. The van der Waals surface area contributed by atoms with E-state index in [4.69, 9.17) is 0 Å². The highest BCUT2D eigenvalue weighted by molar-refractivity contribution is 9.08. The molecule has 1 aromatic heterocycles. The lowest BCUT2D eigenvalue weighted by atomic mass is 10.1. The van der Waals surface area contributed by atoms with Crippen LogP contribution in [0.3, 0.4) is 0 Å². The number of benzene rings is 1. The minimum atomic E-state index is 0.899. The third kappa shape index (κ3) is 1.67. The lowest BCUT2D eigenvalue weighted by Gasteiger charge is -2.04. The maximum atomic E-state index is 4.50. The Labute approximate surface area is 92.3 Å². The lowest BCUT2D eigenvalue weighted by molar-refractivity contribution is 1.23. The molecule has 0 N–H and O–H groups in total. The molecule has 1 aromatic carbocycles. The van der Waals surface area contributed by atoms with Crippen molar-refractivity contribution in [1.29, 1.82) is 0 Å². The molecule has 1 nitrogen and oxygen atoms in total. The molecule has 1 heterocycles. The van der Waals surface area contributed by atoms with Gasteiger partial charge in [0.1, 0.15) is 0 Å². The van der Waals surface area contributed by atoms with Crippen LogP contribution in [0.4, 0.5) is 0 Å². The van der Waals surface area contributed by atoms with Crippen LogP contribution < -0.4 is 0 Å². The Balaban J connectivity index is 2.75. The molecule has 2 aromatic rings. The molecule has 14 heavy (non-hydrogen) atoms. The summed E-state index contributed by atoms with van der Waals surface area (Å²) in [7, 11) is 0. The lowest BCUT2D eigenvalue weighted by Crippen LogP contribution is -1.88. The highest BCUT2D eigenvalue weighted by atomic mass is 79.9. The van der Waals surface area contributed by atoms with E-state index in [1.807, 2.05) is 6.92 Å². The van der Waals surface area contributed by atoms with E-state index < -0.39 is 0 Å². The van der Waals surface area contributed by atoms with Gasteiger partial charge < -0.3 is 0 Å². The quantitative estimate of drug-likeness (QED) is 0.702. The number of aryl methyl sites for hydroxylation is 2. The zero-order valence-corrected chi connectivity index (χ0v) is 9.93. The molecule has 0 amide bonds. The fourth-order valence-electron chi connectivity index (χ4n) is 1.69. The van der Waals surface area contributed by atoms with Crippen molar-refractivity contribution in [3.05, 3.63) is 41.1 Å². The van der Waals surface area contributed by atoms with Crippen molar-refractivity contribution >= 4 is 26.8 Å². The first-order valence-corrected chi connectivity index (χ1v) is 5.75. The molecule has 0 atom stereocenters. The van der Waals surface area contributed by atoms with E-state index in [0.29, 0.717) is 0 Å². The molecule has 0 saturated carbocycles. The van der Waals surface area contributed by atoms with E-state index in [1.54, 1.807) is 0 Å². The summed E-state index contributed by atoms with van der Waals surface area (Å²) >= 11 is 3.46. The summed E-state index contributed by atoms with van der Waals surface area (Å²) in [5, 5.41) is 2.16. The van der Waals surface area contributed by atoms with Gasteiger partial charge in [-0.25, -0.2) is 0 Å². The normalized spacial score (nSPS) is 10.8. The SMILES string of the molecule is Cc1cc(C)c2cc(CBr)ccc2n1. The molecule has 72 valence electrons. The second kappa shape index (κ2) is 3.70.